The maximum Gasteiger partial charge on any atom is 0.0948 e. The van der Waals surface area contributed by atoms with Gasteiger partial charge in [-0.2, -0.15) is 0 Å². The van der Waals surface area contributed by atoms with Crippen LogP contribution in [-0.4, -0.2) is 14.1 Å². The van der Waals surface area contributed by atoms with Crippen molar-refractivity contribution in [3.63, 3.8) is 0 Å². The van der Waals surface area contributed by atoms with E-state index in [2.05, 4.69) is 51.5 Å². The highest BCUT2D eigenvalue weighted by molar-refractivity contribution is 5.83. The van der Waals surface area contributed by atoms with Gasteiger partial charge in [-0.15, -0.1) is 0 Å². The SMILES string of the molecule is CCn1cncc1Cn1ccc2c(CN)cccc21. The smallest absolute Gasteiger partial charge is 0.0948 e. The molecule has 2 N–H and O–H groups in total. The average Bonchev–Trinajstić information content (AvgIpc) is 3.06. The van der Waals surface area contributed by atoms with Gasteiger partial charge in [-0.3, -0.25) is 0 Å². The second-order valence-electron chi connectivity index (χ2n) is 4.67. The molecule has 0 spiro atoms. The first-order valence-corrected chi connectivity index (χ1v) is 6.59. The third kappa shape index (κ3) is 2.04. The molecular weight excluding hydrogens is 236 g/mol. The van der Waals surface area contributed by atoms with Crippen LogP contribution in [0.3, 0.4) is 0 Å². The van der Waals surface area contributed by atoms with E-state index in [9.17, 15) is 0 Å². The van der Waals surface area contributed by atoms with E-state index < -0.39 is 0 Å². The Bertz CT molecular complexity index is 693. The van der Waals surface area contributed by atoms with E-state index >= 15 is 0 Å². The number of hydrogen-bond acceptors (Lipinski definition) is 2. The molecule has 2 aromatic heterocycles. The monoisotopic (exact) mass is 254 g/mol. The minimum absolute atomic E-state index is 0.578. The number of aromatic nitrogens is 3. The van der Waals surface area contributed by atoms with Gasteiger partial charge >= 0.3 is 0 Å². The molecule has 0 aliphatic carbocycles. The molecule has 1 aromatic carbocycles. The number of fused-ring (bicyclic) bond motifs is 1. The van der Waals surface area contributed by atoms with Gasteiger partial charge in [0.05, 0.1) is 18.6 Å². The van der Waals surface area contributed by atoms with E-state index in [0.29, 0.717) is 6.54 Å². The first kappa shape index (κ1) is 12.0. The first-order chi connectivity index (χ1) is 9.33. The van der Waals surface area contributed by atoms with Crippen molar-refractivity contribution in [3.05, 3.63) is 54.2 Å². The summed E-state index contributed by atoms with van der Waals surface area (Å²) in [6.07, 6.45) is 5.94. The molecule has 0 bridgehead atoms. The summed E-state index contributed by atoms with van der Waals surface area (Å²) in [6.45, 7) is 4.49. The van der Waals surface area contributed by atoms with E-state index in [1.54, 1.807) is 0 Å². The number of nitrogens with two attached hydrogens (primary N) is 1. The number of benzene rings is 1. The highest BCUT2D eigenvalue weighted by atomic mass is 15.1. The van der Waals surface area contributed by atoms with Gasteiger partial charge in [0.2, 0.25) is 0 Å². The fourth-order valence-corrected chi connectivity index (χ4v) is 2.54. The average molecular weight is 254 g/mol. The Hall–Kier alpha value is -2.07. The molecule has 0 radical (unpaired) electrons. The molecule has 0 atom stereocenters. The molecule has 0 aliphatic rings. The Morgan fingerprint density at radius 1 is 1.21 bits per heavy atom. The van der Waals surface area contributed by atoms with Crippen molar-refractivity contribution in [3.8, 4) is 0 Å². The summed E-state index contributed by atoms with van der Waals surface area (Å²) in [5.74, 6) is 0. The van der Waals surface area contributed by atoms with E-state index in [1.807, 2.05) is 12.5 Å². The highest BCUT2D eigenvalue weighted by Crippen LogP contribution is 2.21. The van der Waals surface area contributed by atoms with Crippen molar-refractivity contribution in [1.82, 2.24) is 14.1 Å². The van der Waals surface area contributed by atoms with Crippen molar-refractivity contribution >= 4 is 10.9 Å². The van der Waals surface area contributed by atoms with Crippen LogP contribution in [0.4, 0.5) is 0 Å². The van der Waals surface area contributed by atoms with Crippen molar-refractivity contribution in [1.29, 1.82) is 0 Å². The second kappa shape index (κ2) is 4.90. The Labute approximate surface area is 112 Å². The zero-order valence-corrected chi connectivity index (χ0v) is 11.1. The Morgan fingerprint density at radius 3 is 2.89 bits per heavy atom. The van der Waals surface area contributed by atoms with Crippen LogP contribution in [-0.2, 0) is 19.6 Å². The summed E-state index contributed by atoms with van der Waals surface area (Å²) in [5.41, 5.74) is 9.43. The van der Waals surface area contributed by atoms with Gasteiger partial charge in [0.1, 0.15) is 0 Å². The van der Waals surface area contributed by atoms with E-state index in [0.717, 1.165) is 13.1 Å². The lowest BCUT2D eigenvalue weighted by Gasteiger charge is -2.08. The van der Waals surface area contributed by atoms with E-state index in [4.69, 9.17) is 5.73 Å². The zero-order valence-electron chi connectivity index (χ0n) is 11.1. The Morgan fingerprint density at radius 2 is 2.11 bits per heavy atom. The number of rotatable bonds is 4. The molecule has 19 heavy (non-hydrogen) atoms. The number of nitrogens with zero attached hydrogens (tertiary/aromatic N) is 3. The molecule has 0 aliphatic heterocycles. The van der Waals surface area contributed by atoms with Crippen LogP contribution in [0.1, 0.15) is 18.2 Å². The van der Waals surface area contributed by atoms with Gasteiger partial charge in [-0.05, 0) is 24.6 Å². The molecule has 98 valence electrons. The zero-order chi connectivity index (χ0) is 13.2. The first-order valence-electron chi connectivity index (χ1n) is 6.59. The maximum absolute atomic E-state index is 5.78. The summed E-state index contributed by atoms with van der Waals surface area (Å²) in [6, 6.07) is 8.44. The molecule has 0 fully saturated rings. The summed E-state index contributed by atoms with van der Waals surface area (Å²) < 4.78 is 4.41. The fourth-order valence-electron chi connectivity index (χ4n) is 2.54. The molecular formula is C15H18N4. The molecule has 0 saturated heterocycles. The summed E-state index contributed by atoms with van der Waals surface area (Å²) >= 11 is 0. The molecule has 3 aromatic rings. The Kier molecular flexibility index (Phi) is 3.09. The molecule has 3 rings (SSSR count). The van der Waals surface area contributed by atoms with Crippen molar-refractivity contribution < 1.29 is 0 Å². The van der Waals surface area contributed by atoms with E-state index in [-0.39, 0.29) is 0 Å². The lowest BCUT2D eigenvalue weighted by molar-refractivity contribution is 0.679. The van der Waals surface area contributed by atoms with Crippen molar-refractivity contribution in [2.24, 2.45) is 5.73 Å². The molecule has 2 heterocycles. The highest BCUT2D eigenvalue weighted by Gasteiger charge is 2.07. The summed E-state index contributed by atoms with van der Waals surface area (Å²) in [5, 5.41) is 1.24. The standard InChI is InChI=1S/C15H18N4/c1-2-18-11-17-9-13(18)10-19-7-6-14-12(8-16)4-3-5-15(14)19/h3-7,9,11H,2,8,10,16H2,1H3. The quantitative estimate of drug-likeness (QED) is 0.777. The maximum atomic E-state index is 5.78. The van der Waals surface area contributed by atoms with Crippen LogP contribution in [0.2, 0.25) is 0 Å². The van der Waals surface area contributed by atoms with Gasteiger partial charge in [-0.25, -0.2) is 4.98 Å². The van der Waals surface area contributed by atoms with Crippen LogP contribution in [0, 0.1) is 0 Å². The van der Waals surface area contributed by atoms with Crippen LogP contribution >= 0.6 is 0 Å². The topological polar surface area (TPSA) is 48.8 Å². The van der Waals surface area contributed by atoms with Gasteiger partial charge in [0.15, 0.2) is 0 Å². The minimum Gasteiger partial charge on any atom is -0.341 e. The lowest BCUT2D eigenvalue weighted by Crippen LogP contribution is -2.05. The van der Waals surface area contributed by atoms with Crippen molar-refractivity contribution in [2.45, 2.75) is 26.6 Å². The van der Waals surface area contributed by atoms with Gasteiger partial charge in [0.25, 0.3) is 0 Å². The lowest BCUT2D eigenvalue weighted by atomic mass is 10.1. The summed E-state index contributed by atoms with van der Waals surface area (Å²) in [4.78, 5) is 4.22. The normalized spacial score (nSPS) is 11.3. The molecule has 0 unspecified atom stereocenters. The fraction of sp³-hybridized carbons (Fsp3) is 0.267. The van der Waals surface area contributed by atoms with Crippen molar-refractivity contribution in [2.75, 3.05) is 0 Å². The predicted octanol–water partition coefficient (Wildman–Crippen LogP) is 2.36. The number of hydrogen-bond donors (Lipinski definition) is 1. The Balaban J connectivity index is 2.02. The second-order valence-corrected chi connectivity index (χ2v) is 4.67. The minimum atomic E-state index is 0.578. The van der Waals surface area contributed by atoms with Gasteiger partial charge in [-0.1, -0.05) is 12.1 Å². The molecule has 0 amide bonds. The third-order valence-corrected chi connectivity index (χ3v) is 3.60. The van der Waals surface area contributed by atoms with Crippen LogP contribution in [0.15, 0.2) is 43.0 Å². The molecule has 0 saturated carbocycles. The van der Waals surface area contributed by atoms with Crippen LogP contribution in [0.25, 0.3) is 10.9 Å². The number of imidazole rings is 1. The van der Waals surface area contributed by atoms with Crippen LogP contribution < -0.4 is 5.73 Å². The van der Waals surface area contributed by atoms with Gasteiger partial charge in [0, 0.05) is 36.4 Å². The summed E-state index contributed by atoms with van der Waals surface area (Å²) in [7, 11) is 0. The largest absolute Gasteiger partial charge is 0.341 e. The number of aryl methyl sites for hydroxylation is 1. The van der Waals surface area contributed by atoms with E-state index in [1.165, 1.54) is 22.2 Å². The van der Waals surface area contributed by atoms with Gasteiger partial charge < -0.3 is 14.9 Å². The van der Waals surface area contributed by atoms with Crippen LogP contribution in [0.5, 0.6) is 0 Å². The molecule has 4 heteroatoms. The molecule has 4 nitrogen and oxygen atoms in total. The predicted molar refractivity (Wildman–Crippen MR) is 76.8 cm³/mol. The third-order valence-electron chi connectivity index (χ3n) is 3.60.